The number of hydrogen-bond donors (Lipinski definition) is 1. The van der Waals surface area contributed by atoms with Crippen molar-refractivity contribution in [2.45, 2.75) is 20.4 Å². The van der Waals surface area contributed by atoms with Crippen LogP contribution in [0.2, 0.25) is 5.02 Å². The largest absolute Gasteiger partial charge is 0.324 e. The summed E-state index contributed by atoms with van der Waals surface area (Å²) >= 11 is 5.91. The molecular weight excluding hydrogens is 224 g/mol. The Balaban J connectivity index is 2.53. The van der Waals surface area contributed by atoms with Crippen molar-refractivity contribution in [3.05, 3.63) is 40.4 Å². The molecule has 1 aromatic carbocycles. The van der Waals surface area contributed by atoms with E-state index in [1.54, 1.807) is 4.68 Å². The molecule has 0 aliphatic heterocycles. The summed E-state index contributed by atoms with van der Waals surface area (Å²) in [5.41, 5.74) is 7.55. The summed E-state index contributed by atoms with van der Waals surface area (Å²) in [7, 11) is 0. The Morgan fingerprint density at radius 3 is 2.69 bits per heavy atom. The summed E-state index contributed by atoms with van der Waals surface area (Å²) < 4.78 is 1.79. The Morgan fingerprint density at radius 2 is 2.12 bits per heavy atom. The highest BCUT2D eigenvalue weighted by Gasteiger charge is 2.08. The van der Waals surface area contributed by atoms with Gasteiger partial charge in [0.25, 0.3) is 0 Å². The fourth-order valence-corrected chi connectivity index (χ4v) is 1.84. The van der Waals surface area contributed by atoms with Gasteiger partial charge in [-0.1, -0.05) is 11.6 Å². The van der Waals surface area contributed by atoms with Crippen molar-refractivity contribution in [1.82, 2.24) is 14.8 Å². The van der Waals surface area contributed by atoms with Crippen LogP contribution in [-0.4, -0.2) is 14.8 Å². The number of aryl methyl sites for hydroxylation is 2. The summed E-state index contributed by atoms with van der Waals surface area (Å²) in [6.45, 7) is 4.24. The van der Waals surface area contributed by atoms with Crippen molar-refractivity contribution >= 4 is 11.6 Å². The third kappa shape index (κ3) is 1.94. The lowest BCUT2D eigenvalue weighted by atomic mass is 10.2. The van der Waals surface area contributed by atoms with Gasteiger partial charge in [-0.15, -0.1) is 5.10 Å². The molecule has 2 rings (SSSR count). The monoisotopic (exact) mass is 236 g/mol. The number of nitrogens with two attached hydrogens (primary N) is 1. The number of hydrogen-bond acceptors (Lipinski definition) is 3. The summed E-state index contributed by atoms with van der Waals surface area (Å²) in [5.74, 6) is 1.47. The number of rotatable bonds is 2. The first kappa shape index (κ1) is 11.1. The molecule has 0 atom stereocenters. The fraction of sp³-hybridized carbons (Fsp3) is 0.273. The van der Waals surface area contributed by atoms with E-state index in [1.807, 2.05) is 32.0 Å². The third-order valence-corrected chi connectivity index (χ3v) is 2.62. The molecule has 0 saturated heterocycles. The van der Waals surface area contributed by atoms with E-state index in [2.05, 4.69) is 10.1 Å². The van der Waals surface area contributed by atoms with E-state index in [1.165, 1.54) is 0 Å². The van der Waals surface area contributed by atoms with Crippen LogP contribution < -0.4 is 5.73 Å². The van der Waals surface area contributed by atoms with Gasteiger partial charge in [0.2, 0.25) is 0 Å². The number of aromatic nitrogens is 3. The number of benzene rings is 1. The molecule has 0 spiro atoms. The van der Waals surface area contributed by atoms with Gasteiger partial charge in [0.15, 0.2) is 5.82 Å². The van der Waals surface area contributed by atoms with Gasteiger partial charge < -0.3 is 5.73 Å². The van der Waals surface area contributed by atoms with Crippen LogP contribution in [0.1, 0.15) is 17.2 Å². The highest BCUT2D eigenvalue weighted by atomic mass is 35.5. The lowest BCUT2D eigenvalue weighted by molar-refractivity contribution is 0.807. The Morgan fingerprint density at radius 1 is 1.38 bits per heavy atom. The van der Waals surface area contributed by atoms with Crippen LogP contribution in [0.15, 0.2) is 18.2 Å². The average Bonchev–Trinajstić information content (AvgIpc) is 2.60. The van der Waals surface area contributed by atoms with Crippen LogP contribution in [-0.2, 0) is 6.54 Å². The van der Waals surface area contributed by atoms with E-state index in [4.69, 9.17) is 17.3 Å². The smallest absolute Gasteiger partial charge is 0.164 e. The van der Waals surface area contributed by atoms with Crippen LogP contribution in [0, 0.1) is 13.8 Å². The van der Waals surface area contributed by atoms with Crippen LogP contribution in [0.25, 0.3) is 5.69 Å². The maximum Gasteiger partial charge on any atom is 0.164 e. The van der Waals surface area contributed by atoms with Gasteiger partial charge in [0.05, 0.1) is 12.2 Å². The lowest BCUT2D eigenvalue weighted by Gasteiger charge is -2.06. The van der Waals surface area contributed by atoms with E-state index >= 15 is 0 Å². The molecule has 0 radical (unpaired) electrons. The molecule has 5 heteroatoms. The van der Waals surface area contributed by atoms with Crippen LogP contribution >= 0.6 is 11.6 Å². The highest BCUT2D eigenvalue weighted by molar-refractivity contribution is 6.30. The van der Waals surface area contributed by atoms with Crippen LogP contribution in [0.4, 0.5) is 0 Å². The highest BCUT2D eigenvalue weighted by Crippen LogP contribution is 2.19. The lowest BCUT2D eigenvalue weighted by Crippen LogP contribution is -2.03. The van der Waals surface area contributed by atoms with Crippen molar-refractivity contribution < 1.29 is 0 Å². The van der Waals surface area contributed by atoms with Gasteiger partial charge in [0.1, 0.15) is 5.82 Å². The van der Waals surface area contributed by atoms with Crippen molar-refractivity contribution in [3.63, 3.8) is 0 Å². The molecular formula is C11H13ClN4. The van der Waals surface area contributed by atoms with Crippen molar-refractivity contribution in [3.8, 4) is 5.69 Å². The summed E-state index contributed by atoms with van der Waals surface area (Å²) in [6, 6.07) is 5.67. The van der Waals surface area contributed by atoms with Crippen molar-refractivity contribution in [2.24, 2.45) is 5.73 Å². The Bertz CT molecular complexity index is 519. The Labute approximate surface area is 99.1 Å². The molecule has 2 N–H and O–H groups in total. The van der Waals surface area contributed by atoms with Crippen LogP contribution in [0.3, 0.4) is 0 Å². The molecule has 0 bridgehead atoms. The van der Waals surface area contributed by atoms with E-state index in [9.17, 15) is 0 Å². The fourth-order valence-electron chi connectivity index (χ4n) is 1.62. The molecule has 0 saturated carbocycles. The second-order valence-corrected chi connectivity index (χ2v) is 4.06. The molecule has 0 aliphatic rings. The van der Waals surface area contributed by atoms with Gasteiger partial charge in [0, 0.05) is 5.02 Å². The normalized spacial score (nSPS) is 10.8. The molecule has 16 heavy (non-hydrogen) atoms. The standard InChI is InChI=1S/C11H13ClN4/c1-7-5-9(12)3-4-10(7)16-8(2)14-11(6-13)15-16/h3-5H,6,13H2,1-2H3. The molecule has 0 fully saturated rings. The predicted octanol–water partition coefficient (Wildman–Crippen LogP) is 2.00. The summed E-state index contributed by atoms with van der Waals surface area (Å²) in [5, 5.41) is 5.05. The van der Waals surface area contributed by atoms with Crippen LogP contribution in [0.5, 0.6) is 0 Å². The minimum absolute atomic E-state index is 0.348. The predicted molar refractivity (Wildman–Crippen MR) is 63.7 cm³/mol. The minimum atomic E-state index is 0.348. The van der Waals surface area contributed by atoms with Gasteiger partial charge in [-0.05, 0) is 37.6 Å². The third-order valence-electron chi connectivity index (χ3n) is 2.38. The molecule has 1 heterocycles. The van der Waals surface area contributed by atoms with Gasteiger partial charge in [-0.25, -0.2) is 9.67 Å². The van der Waals surface area contributed by atoms with E-state index in [0.29, 0.717) is 12.4 Å². The quantitative estimate of drug-likeness (QED) is 0.868. The molecule has 0 amide bonds. The Kier molecular flexibility index (Phi) is 2.94. The Hall–Kier alpha value is -1.39. The maximum absolute atomic E-state index is 5.91. The first-order valence-corrected chi connectivity index (χ1v) is 5.38. The number of halogens is 1. The molecule has 84 valence electrons. The van der Waals surface area contributed by atoms with Gasteiger partial charge >= 0.3 is 0 Å². The second-order valence-electron chi connectivity index (χ2n) is 3.62. The SMILES string of the molecule is Cc1cc(Cl)ccc1-n1nc(CN)nc1C. The summed E-state index contributed by atoms with van der Waals surface area (Å²) in [4.78, 5) is 4.26. The maximum atomic E-state index is 5.91. The number of nitrogens with zero attached hydrogens (tertiary/aromatic N) is 3. The minimum Gasteiger partial charge on any atom is -0.324 e. The van der Waals surface area contributed by atoms with Crippen molar-refractivity contribution in [2.75, 3.05) is 0 Å². The second kappa shape index (κ2) is 4.23. The summed E-state index contributed by atoms with van der Waals surface area (Å²) in [6.07, 6.45) is 0. The zero-order chi connectivity index (χ0) is 11.7. The zero-order valence-electron chi connectivity index (χ0n) is 9.24. The van der Waals surface area contributed by atoms with Gasteiger partial charge in [-0.2, -0.15) is 0 Å². The molecule has 4 nitrogen and oxygen atoms in total. The molecule has 0 aliphatic carbocycles. The van der Waals surface area contributed by atoms with Crippen molar-refractivity contribution in [1.29, 1.82) is 0 Å². The van der Waals surface area contributed by atoms with Gasteiger partial charge in [-0.3, -0.25) is 0 Å². The topological polar surface area (TPSA) is 56.7 Å². The first-order chi connectivity index (χ1) is 7.61. The average molecular weight is 237 g/mol. The zero-order valence-corrected chi connectivity index (χ0v) is 9.99. The first-order valence-electron chi connectivity index (χ1n) is 5.01. The molecule has 0 unspecified atom stereocenters. The van der Waals surface area contributed by atoms with E-state index in [-0.39, 0.29) is 0 Å². The molecule has 1 aromatic heterocycles. The molecule has 2 aromatic rings. The van der Waals surface area contributed by atoms with E-state index < -0.39 is 0 Å². The van der Waals surface area contributed by atoms with E-state index in [0.717, 1.165) is 22.1 Å².